The second-order valence-electron chi connectivity index (χ2n) is 7.85. The summed E-state index contributed by atoms with van der Waals surface area (Å²) in [5.74, 6) is 1.09. The van der Waals surface area contributed by atoms with Gasteiger partial charge >= 0.3 is 0 Å². The lowest BCUT2D eigenvalue weighted by atomic mass is 10.1. The number of anilines is 2. The van der Waals surface area contributed by atoms with Crippen LogP contribution in [0.2, 0.25) is 0 Å². The predicted molar refractivity (Wildman–Crippen MR) is 134 cm³/mol. The quantitative estimate of drug-likeness (QED) is 0.365. The average molecular weight is 471 g/mol. The number of sulfonamides is 1. The first-order valence-corrected chi connectivity index (χ1v) is 12.5. The number of hydrogen-bond acceptors (Lipinski definition) is 6. The van der Waals surface area contributed by atoms with Crippen molar-refractivity contribution >= 4 is 27.0 Å². The molecular weight excluding hydrogens is 448 g/mol. The molecule has 5 rings (SSSR count). The summed E-state index contributed by atoms with van der Waals surface area (Å²) < 4.78 is 27.5. The van der Waals surface area contributed by atoms with Crippen LogP contribution in [0.15, 0.2) is 91.4 Å². The van der Waals surface area contributed by atoms with Crippen LogP contribution in [0.3, 0.4) is 0 Å². The van der Waals surface area contributed by atoms with Crippen molar-refractivity contribution in [3.8, 4) is 22.5 Å². The Morgan fingerprint density at radius 1 is 0.912 bits per heavy atom. The Bertz CT molecular complexity index is 1550. The predicted octanol–water partition coefficient (Wildman–Crippen LogP) is 4.44. The van der Waals surface area contributed by atoms with Crippen LogP contribution in [0.5, 0.6) is 0 Å². The molecule has 8 nitrogen and oxygen atoms in total. The number of aromatic nitrogens is 4. The fraction of sp³-hybridized carbons (Fsp3) is 0.0800. The van der Waals surface area contributed by atoms with Crippen molar-refractivity contribution in [3.63, 3.8) is 0 Å². The molecule has 0 aliphatic rings. The van der Waals surface area contributed by atoms with E-state index in [0.717, 1.165) is 28.5 Å². The summed E-state index contributed by atoms with van der Waals surface area (Å²) in [6.07, 6.45) is 6.04. The second-order valence-corrected chi connectivity index (χ2v) is 9.60. The molecule has 0 bridgehead atoms. The first kappa shape index (κ1) is 21.6. The molecule has 9 heteroatoms. The van der Waals surface area contributed by atoms with Crippen molar-refractivity contribution in [2.75, 3.05) is 16.3 Å². The van der Waals surface area contributed by atoms with E-state index in [9.17, 15) is 8.42 Å². The molecule has 0 aliphatic heterocycles. The summed E-state index contributed by atoms with van der Waals surface area (Å²) in [6, 6.07) is 23.8. The van der Waals surface area contributed by atoms with Gasteiger partial charge in [0, 0.05) is 30.1 Å². The standard InChI is InChI=1S/C25H22N6O2S/c1-34(32,33)30-21-14-20(16-26-17-21)24-28-25(27-15-18-8-4-2-5-9-18)23-22(12-13-31(23)29-24)19-10-6-3-7-11-19/h2-14,16-17,30H,15H2,1H3,(H,27,28,29). The van der Waals surface area contributed by atoms with Gasteiger partial charge in [-0.1, -0.05) is 60.7 Å². The molecule has 0 spiro atoms. The normalized spacial score (nSPS) is 11.4. The summed E-state index contributed by atoms with van der Waals surface area (Å²) in [5.41, 5.74) is 4.98. The minimum atomic E-state index is -3.43. The van der Waals surface area contributed by atoms with Crippen LogP contribution < -0.4 is 10.0 Å². The fourth-order valence-electron chi connectivity index (χ4n) is 3.73. The zero-order valence-electron chi connectivity index (χ0n) is 18.4. The van der Waals surface area contributed by atoms with Crippen LogP contribution in [-0.2, 0) is 16.6 Å². The van der Waals surface area contributed by atoms with Gasteiger partial charge in [-0.15, -0.1) is 5.10 Å². The van der Waals surface area contributed by atoms with Gasteiger partial charge in [0.15, 0.2) is 11.6 Å². The van der Waals surface area contributed by atoms with Gasteiger partial charge in [0.1, 0.15) is 5.52 Å². The van der Waals surface area contributed by atoms with Gasteiger partial charge in [0.05, 0.1) is 18.1 Å². The van der Waals surface area contributed by atoms with E-state index >= 15 is 0 Å². The second kappa shape index (κ2) is 8.95. The van der Waals surface area contributed by atoms with E-state index < -0.39 is 10.0 Å². The molecule has 0 radical (unpaired) electrons. The molecule has 0 saturated heterocycles. The van der Waals surface area contributed by atoms with Gasteiger partial charge in [-0.05, 0) is 23.3 Å². The third kappa shape index (κ3) is 4.74. The van der Waals surface area contributed by atoms with E-state index in [0.29, 0.717) is 29.4 Å². The molecule has 2 N–H and O–H groups in total. The summed E-state index contributed by atoms with van der Waals surface area (Å²) >= 11 is 0. The Hall–Kier alpha value is -4.24. The first-order chi connectivity index (χ1) is 16.5. The summed E-state index contributed by atoms with van der Waals surface area (Å²) in [7, 11) is -3.43. The molecule has 2 aromatic carbocycles. The molecule has 5 aromatic rings. The lowest BCUT2D eigenvalue weighted by Gasteiger charge is -2.12. The van der Waals surface area contributed by atoms with Crippen molar-refractivity contribution in [2.24, 2.45) is 0 Å². The van der Waals surface area contributed by atoms with Crippen LogP contribution in [0, 0.1) is 0 Å². The monoisotopic (exact) mass is 470 g/mol. The number of pyridine rings is 1. The van der Waals surface area contributed by atoms with Crippen molar-refractivity contribution in [2.45, 2.75) is 6.54 Å². The highest BCUT2D eigenvalue weighted by Gasteiger charge is 2.16. The van der Waals surface area contributed by atoms with Crippen LogP contribution in [-0.4, -0.2) is 34.3 Å². The maximum absolute atomic E-state index is 11.7. The molecule has 34 heavy (non-hydrogen) atoms. The average Bonchev–Trinajstić information content (AvgIpc) is 3.27. The van der Waals surface area contributed by atoms with E-state index in [1.54, 1.807) is 16.8 Å². The molecule has 0 unspecified atom stereocenters. The Labute approximate surface area is 197 Å². The largest absolute Gasteiger partial charge is 0.364 e. The first-order valence-electron chi connectivity index (χ1n) is 10.6. The van der Waals surface area contributed by atoms with Crippen LogP contribution in [0.1, 0.15) is 5.56 Å². The van der Waals surface area contributed by atoms with Gasteiger partial charge in [-0.3, -0.25) is 9.71 Å². The SMILES string of the molecule is CS(=O)(=O)Nc1cncc(-c2nc(NCc3ccccc3)c3c(-c4ccccc4)ccn3n2)c1. The van der Waals surface area contributed by atoms with E-state index in [-0.39, 0.29) is 0 Å². The third-order valence-electron chi connectivity index (χ3n) is 5.20. The molecule has 3 aromatic heterocycles. The Balaban J connectivity index is 1.61. The molecule has 0 fully saturated rings. The Kier molecular flexibility index (Phi) is 5.69. The Morgan fingerprint density at radius 3 is 2.38 bits per heavy atom. The number of fused-ring (bicyclic) bond motifs is 1. The lowest BCUT2D eigenvalue weighted by molar-refractivity contribution is 0.607. The minimum absolute atomic E-state index is 0.347. The number of rotatable bonds is 7. The topological polar surface area (TPSA) is 101 Å². The number of hydrogen-bond donors (Lipinski definition) is 2. The van der Waals surface area contributed by atoms with Gasteiger partial charge in [-0.2, -0.15) is 0 Å². The van der Waals surface area contributed by atoms with E-state index in [1.165, 1.54) is 6.20 Å². The molecule has 3 heterocycles. The Morgan fingerprint density at radius 2 is 1.65 bits per heavy atom. The van der Waals surface area contributed by atoms with E-state index in [1.807, 2.05) is 60.8 Å². The third-order valence-corrected chi connectivity index (χ3v) is 5.80. The molecule has 0 amide bonds. The minimum Gasteiger partial charge on any atom is -0.364 e. The fourth-order valence-corrected chi connectivity index (χ4v) is 4.27. The van der Waals surface area contributed by atoms with Gasteiger partial charge in [0.25, 0.3) is 0 Å². The maximum Gasteiger partial charge on any atom is 0.229 e. The van der Waals surface area contributed by atoms with Crippen LogP contribution in [0.25, 0.3) is 28.0 Å². The van der Waals surface area contributed by atoms with Crippen molar-refractivity contribution in [1.29, 1.82) is 0 Å². The van der Waals surface area contributed by atoms with Crippen LogP contribution >= 0.6 is 0 Å². The molecular formula is C25H22N6O2S. The summed E-state index contributed by atoms with van der Waals surface area (Å²) in [5, 5.41) is 8.15. The van der Waals surface area contributed by atoms with Crippen LogP contribution in [0.4, 0.5) is 11.5 Å². The van der Waals surface area contributed by atoms with Crippen molar-refractivity contribution in [3.05, 3.63) is 97.0 Å². The molecule has 0 atom stereocenters. The van der Waals surface area contributed by atoms with Gasteiger partial charge in [0.2, 0.25) is 10.0 Å². The van der Waals surface area contributed by atoms with Gasteiger partial charge in [-0.25, -0.2) is 17.9 Å². The zero-order chi connectivity index (χ0) is 23.5. The summed E-state index contributed by atoms with van der Waals surface area (Å²) in [6.45, 7) is 0.584. The molecule has 0 aliphatic carbocycles. The highest BCUT2D eigenvalue weighted by atomic mass is 32.2. The smallest absolute Gasteiger partial charge is 0.229 e. The van der Waals surface area contributed by atoms with E-state index in [4.69, 9.17) is 10.1 Å². The molecule has 170 valence electrons. The zero-order valence-corrected chi connectivity index (χ0v) is 19.2. The van der Waals surface area contributed by atoms with Crippen molar-refractivity contribution < 1.29 is 8.42 Å². The van der Waals surface area contributed by atoms with E-state index in [2.05, 4.69) is 27.2 Å². The van der Waals surface area contributed by atoms with Gasteiger partial charge < -0.3 is 5.32 Å². The number of nitrogens with one attached hydrogen (secondary N) is 2. The molecule has 0 saturated carbocycles. The number of nitrogens with zero attached hydrogens (tertiary/aromatic N) is 4. The van der Waals surface area contributed by atoms with Crippen molar-refractivity contribution in [1.82, 2.24) is 19.6 Å². The number of benzene rings is 2. The maximum atomic E-state index is 11.7. The highest BCUT2D eigenvalue weighted by molar-refractivity contribution is 7.92. The lowest BCUT2D eigenvalue weighted by Crippen LogP contribution is -2.10. The summed E-state index contributed by atoms with van der Waals surface area (Å²) in [4.78, 5) is 8.99. The highest BCUT2D eigenvalue weighted by Crippen LogP contribution is 2.31.